The summed E-state index contributed by atoms with van der Waals surface area (Å²) < 4.78 is 4.93. The minimum absolute atomic E-state index is 0.0700. The zero-order valence-corrected chi connectivity index (χ0v) is 16.3. The zero-order chi connectivity index (χ0) is 20.6. The number of fused-ring (bicyclic) bond motifs is 1. The summed E-state index contributed by atoms with van der Waals surface area (Å²) in [5, 5.41) is 4.99. The number of piperidine rings is 1. The van der Waals surface area contributed by atoms with E-state index in [9.17, 15) is 19.2 Å². The second-order valence-electron chi connectivity index (χ2n) is 7.84. The molecule has 0 unspecified atom stereocenters. The molecule has 3 heterocycles. The summed E-state index contributed by atoms with van der Waals surface area (Å²) in [6.07, 6.45) is 1.64. The summed E-state index contributed by atoms with van der Waals surface area (Å²) >= 11 is 0. The van der Waals surface area contributed by atoms with Crippen LogP contribution in [0.1, 0.15) is 24.0 Å². The van der Waals surface area contributed by atoms with Gasteiger partial charge >= 0.3 is 12.0 Å². The molecule has 0 saturated carbocycles. The van der Waals surface area contributed by atoms with E-state index in [0.717, 1.165) is 11.1 Å². The lowest BCUT2D eigenvalue weighted by Gasteiger charge is -2.40. The molecule has 4 amide bonds. The molecule has 2 N–H and O–H groups in total. The highest BCUT2D eigenvalue weighted by atomic mass is 16.5. The Bertz CT molecular complexity index is 872. The molecule has 3 aliphatic heterocycles. The Labute approximate surface area is 168 Å². The molecule has 0 aliphatic carbocycles. The summed E-state index contributed by atoms with van der Waals surface area (Å²) in [4.78, 5) is 52.7. The number of nitrogens with zero attached hydrogens (tertiary/aromatic N) is 2. The van der Waals surface area contributed by atoms with E-state index >= 15 is 0 Å². The highest BCUT2D eigenvalue weighted by Gasteiger charge is 2.49. The van der Waals surface area contributed by atoms with Gasteiger partial charge in [0.2, 0.25) is 5.91 Å². The zero-order valence-electron chi connectivity index (χ0n) is 16.3. The first kappa shape index (κ1) is 19.4. The Kier molecular flexibility index (Phi) is 4.99. The van der Waals surface area contributed by atoms with Gasteiger partial charge in [0.25, 0.3) is 5.91 Å². The van der Waals surface area contributed by atoms with Crippen molar-refractivity contribution in [3.63, 3.8) is 0 Å². The van der Waals surface area contributed by atoms with Crippen molar-refractivity contribution in [2.24, 2.45) is 0 Å². The smallest absolute Gasteiger partial charge is 0.328 e. The molecule has 0 aromatic heterocycles. The molecule has 9 nitrogen and oxygen atoms in total. The average molecular weight is 400 g/mol. The molecule has 0 bridgehead atoms. The first-order valence-electron chi connectivity index (χ1n) is 9.72. The van der Waals surface area contributed by atoms with Gasteiger partial charge < -0.3 is 15.0 Å². The minimum atomic E-state index is -0.980. The van der Waals surface area contributed by atoms with Gasteiger partial charge in [-0.25, -0.2) is 9.59 Å². The van der Waals surface area contributed by atoms with Crippen LogP contribution >= 0.6 is 0 Å². The van der Waals surface area contributed by atoms with Gasteiger partial charge in [-0.3, -0.25) is 19.8 Å². The third kappa shape index (κ3) is 3.57. The quantitative estimate of drug-likeness (QED) is 0.537. The predicted molar refractivity (Wildman–Crippen MR) is 102 cm³/mol. The van der Waals surface area contributed by atoms with Crippen LogP contribution in [0.4, 0.5) is 4.79 Å². The van der Waals surface area contributed by atoms with Gasteiger partial charge in [-0.1, -0.05) is 24.3 Å². The van der Waals surface area contributed by atoms with Crippen molar-refractivity contribution < 1.29 is 23.9 Å². The first-order chi connectivity index (χ1) is 13.9. The van der Waals surface area contributed by atoms with Crippen LogP contribution in [0.5, 0.6) is 0 Å². The van der Waals surface area contributed by atoms with E-state index in [1.165, 1.54) is 7.11 Å². The Morgan fingerprint density at radius 1 is 1.24 bits per heavy atom. The van der Waals surface area contributed by atoms with Crippen molar-refractivity contribution in [2.45, 2.75) is 37.4 Å². The van der Waals surface area contributed by atoms with Crippen molar-refractivity contribution >= 4 is 23.8 Å². The van der Waals surface area contributed by atoms with Crippen molar-refractivity contribution in [1.29, 1.82) is 0 Å². The second kappa shape index (κ2) is 7.47. The number of likely N-dealkylation sites (tertiary alicyclic amines) is 1. The van der Waals surface area contributed by atoms with Gasteiger partial charge in [0, 0.05) is 19.5 Å². The lowest BCUT2D eigenvalue weighted by atomic mass is 9.89. The number of methoxy groups -OCH3 is 1. The molecule has 154 valence electrons. The maximum atomic E-state index is 13.1. The maximum Gasteiger partial charge on any atom is 0.328 e. The van der Waals surface area contributed by atoms with Crippen LogP contribution in [0.15, 0.2) is 24.3 Å². The van der Waals surface area contributed by atoms with E-state index in [1.807, 2.05) is 29.2 Å². The number of urea groups is 1. The molecule has 9 heteroatoms. The Balaban J connectivity index is 1.50. The van der Waals surface area contributed by atoms with Crippen LogP contribution in [-0.2, 0) is 32.1 Å². The number of amides is 4. The van der Waals surface area contributed by atoms with Crippen LogP contribution < -0.4 is 10.6 Å². The van der Waals surface area contributed by atoms with Gasteiger partial charge in [0.05, 0.1) is 13.7 Å². The highest BCUT2D eigenvalue weighted by molar-refractivity contribution is 6.07. The van der Waals surface area contributed by atoms with E-state index in [4.69, 9.17) is 4.74 Å². The van der Waals surface area contributed by atoms with Crippen molar-refractivity contribution in [1.82, 2.24) is 20.4 Å². The number of carbonyl (C=O) groups excluding carboxylic acids is 4. The van der Waals surface area contributed by atoms with Crippen LogP contribution in [0, 0.1) is 0 Å². The molecule has 4 rings (SSSR count). The van der Waals surface area contributed by atoms with Crippen LogP contribution in [0.25, 0.3) is 0 Å². The summed E-state index contributed by atoms with van der Waals surface area (Å²) in [6.45, 7) is 1.32. The standard InChI is InChI=1S/C20H24N4O5/c1-29-17(26)15-9-13-5-2-3-6-14(13)10-24(15)16(25)11-23-8-4-7-20(12-23)18(27)21-19(28)22-20/h2-3,5-6,15H,4,7-12H2,1H3,(H2,21,22,27,28)/t15-,20-/m1/s1. The molecule has 0 radical (unpaired) electrons. The maximum absolute atomic E-state index is 13.1. The summed E-state index contributed by atoms with van der Waals surface area (Å²) in [6, 6.07) is 6.58. The first-order valence-corrected chi connectivity index (χ1v) is 9.72. The summed E-state index contributed by atoms with van der Waals surface area (Å²) in [5.41, 5.74) is 1.07. The fourth-order valence-electron chi connectivity index (χ4n) is 4.51. The van der Waals surface area contributed by atoms with Gasteiger partial charge in [0.15, 0.2) is 0 Å². The average Bonchev–Trinajstić information content (AvgIpc) is 2.98. The van der Waals surface area contributed by atoms with Gasteiger partial charge in [0.1, 0.15) is 11.6 Å². The number of esters is 1. The molecule has 3 aliphatic rings. The molecule has 1 aromatic rings. The number of hydrogen-bond acceptors (Lipinski definition) is 6. The van der Waals surface area contributed by atoms with Crippen LogP contribution in [-0.4, -0.2) is 71.9 Å². The van der Waals surface area contributed by atoms with Gasteiger partial charge in [-0.05, 0) is 30.5 Å². The SMILES string of the molecule is COC(=O)[C@H]1Cc2ccccc2CN1C(=O)CN1CCC[C@]2(C1)NC(=O)NC2=O. The lowest BCUT2D eigenvalue weighted by molar-refractivity contribution is -0.154. The number of benzene rings is 1. The van der Waals surface area contributed by atoms with E-state index in [-0.39, 0.29) is 24.9 Å². The van der Waals surface area contributed by atoms with Gasteiger partial charge in [-0.15, -0.1) is 0 Å². The fourth-order valence-corrected chi connectivity index (χ4v) is 4.51. The van der Waals surface area contributed by atoms with E-state index in [1.54, 1.807) is 4.90 Å². The van der Waals surface area contributed by atoms with Crippen molar-refractivity contribution in [2.75, 3.05) is 26.7 Å². The van der Waals surface area contributed by atoms with E-state index < -0.39 is 23.6 Å². The Hall–Kier alpha value is -2.94. The minimum Gasteiger partial charge on any atom is -0.467 e. The topological polar surface area (TPSA) is 108 Å². The number of carbonyl (C=O) groups is 4. The molecule has 1 aromatic carbocycles. The van der Waals surface area contributed by atoms with Crippen LogP contribution in [0.3, 0.4) is 0 Å². The van der Waals surface area contributed by atoms with Crippen LogP contribution in [0.2, 0.25) is 0 Å². The molecular weight excluding hydrogens is 376 g/mol. The fraction of sp³-hybridized carbons (Fsp3) is 0.500. The van der Waals surface area contributed by atoms with Crippen molar-refractivity contribution in [3.8, 4) is 0 Å². The van der Waals surface area contributed by atoms with E-state index in [0.29, 0.717) is 32.4 Å². The summed E-state index contributed by atoms with van der Waals surface area (Å²) in [5.74, 6) is -0.985. The Morgan fingerprint density at radius 3 is 2.69 bits per heavy atom. The van der Waals surface area contributed by atoms with Crippen molar-refractivity contribution in [3.05, 3.63) is 35.4 Å². The largest absolute Gasteiger partial charge is 0.467 e. The Morgan fingerprint density at radius 2 is 2.00 bits per heavy atom. The third-order valence-corrected chi connectivity index (χ3v) is 5.99. The molecule has 29 heavy (non-hydrogen) atoms. The molecular formula is C20H24N4O5. The number of hydrogen-bond donors (Lipinski definition) is 2. The number of nitrogens with one attached hydrogen (secondary N) is 2. The number of rotatable bonds is 3. The third-order valence-electron chi connectivity index (χ3n) is 5.99. The number of imide groups is 1. The molecule has 2 saturated heterocycles. The lowest BCUT2D eigenvalue weighted by Crippen LogP contribution is -2.60. The molecule has 2 atom stereocenters. The van der Waals surface area contributed by atoms with E-state index in [2.05, 4.69) is 10.6 Å². The number of ether oxygens (including phenoxy) is 1. The van der Waals surface area contributed by atoms with Gasteiger partial charge in [-0.2, -0.15) is 0 Å². The second-order valence-corrected chi connectivity index (χ2v) is 7.84. The monoisotopic (exact) mass is 400 g/mol. The normalized spacial score (nSPS) is 26.7. The predicted octanol–water partition coefficient (Wildman–Crippen LogP) is -0.213. The molecule has 1 spiro atoms. The molecule has 2 fully saturated rings. The highest BCUT2D eigenvalue weighted by Crippen LogP contribution is 2.27. The summed E-state index contributed by atoms with van der Waals surface area (Å²) in [7, 11) is 1.32.